The van der Waals surface area contributed by atoms with Crippen molar-refractivity contribution in [3.63, 3.8) is 0 Å². The summed E-state index contributed by atoms with van der Waals surface area (Å²) in [5, 5.41) is 2.91. The maximum absolute atomic E-state index is 11.8. The van der Waals surface area contributed by atoms with Crippen molar-refractivity contribution in [2.75, 3.05) is 5.75 Å². The molecule has 5 nitrogen and oxygen atoms in total. The molecule has 1 atom stereocenters. The molecule has 0 amide bonds. The van der Waals surface area contributed by atoms with Crippen LogP contribution in [0.4, 0.5) is 0 Å². The molecule has 0 aliphatic heterocycles. The first kappa shape index (κ1) is 15.5. The minimum absolute atomic E-state index is 0.215. The lowest BCUT2D eigenvalue weighted by Crippen LogP contribution is -2.52. The number of ketones is 1. The van der Waals surface area contributed by atoms with Crippen molar-refractivity contribution in [2.24, 2.45) is 5.92 Å². The van der Waals surface area contributed by atoms with Crippen molar-refractivity contribution in [1.29, 1.82) is 0 Å². The second kappa shape index (κ2) is 5.25. The van der Waals surface area contributed by atoms with Gasteiger partial charge >= 0.3 is 0 Å². The van der Waals surface area contributed by atoms with Gasteiger partial charge in [0.15, 0.2) is 5.78 Å². The van der Waals surface area contributed by atoms with Crippen LogP contribution in [-0.2, 0) is 14.9 Å². The molecular formula is C10H21NO4S. The zero-order valence-electron chi connectivity index (χ0n) is 10.4. The van der Waals surface area contributed by atoms with Gasteiger partial charge in [0.05, 0.1) is 11.8 Å². The molecule has 96 valence electrons. The third-order valence-electron chi connectivity index (χ3n) is 1.90. The molecule has 0 aromatic heterocycles. The summed E-state index contributed by atoms with van der Waals surface area (Å²) in [5.41, 5.74) is -0.389. The minimum Gasteiger partial charge on any atom is -0.302 e. The van der Waals surface area contributed by atoms with Crippen LogP contribution in [0.25, 0.3) is 0 Å². The zero-order chi connectivity index (χ0) is 13.1. The Bertz CT molecular complexity index is 340. The summed E-state index contributed by atoms with van der Waals surface area (Å²) in [6.07, 6.45) is 0. The highest BCUT2D eigenvalue weighted by Crippen LogP contribution is 2.08. The van der Waals surface area contributed by atoms with E-state index in [1.54, 1.807) is 13.8 Å². The molecule has 0 fully saturated rings. The molecule has 0 heterocycles. The fraction of sp³-hybridized carbons (Fsp3) is 0.900. The summed E-state index contributed by atoms with van der Waals surface area (Å²) in [5.74, 6) is -1.07. The van der Waals surface area contributed by atoms with Crippen molar-refractivity contribution in [2.45, 2.75) is 46.2 Å². The van der Waals surface area contributed by atoms with Gasteiger partial charge in [-0.2, -0.15) is 8.42 Å². The van der Waals surface area contributed by atoms with Crippen LogP contribution < -0.4 is 5.32 Å². The van der Waals surface area contributed by atoms with E-state index >= 15 is 0 Å². The van der Waals surface area contributed by atoms with Crippen molar-refractivity contribution in [1.82, 2.24) is 5.32 Å². The number of Topliss-reactive ketones (excluding diaryl/α,β-unsaturated/α-hetero) is 1. The Kier molecular flexibility index (Phi) is 5.10. The highest BCUT2D eigenvalue weighted by atomic mass is 32.2. The second-order valence-corrected chi connectivity index (χ2v) is 6.75. The lowest BCUT2D eigenvalue weighted by Gasteiger charge is -2.27. The summed E-state index contributed by atoms with van der Waals surface area (Å²) >= 11 is 0. The summed E-state index contributed by atoms with van der Waals surface area (Å²) < 4.78 is 30.4. The van der Waals surface area contributed by atoms with Crippen LogP contribution in [0.1, 0.15) is 34.6 Å². The third kappa shape index (κ3) is 6.92. The van der Waals surface area contributed by atoms with Gasteiger partial charge in [0.2, 0.25) is 0 Å². The lowest BCUT2D eigenvalue weighted by molar-refractivity contribution is -0.123. The fourth-order valence-corrected chi connectivity index (χ4v) is 2.00. The first-order valence-electron chi connectivity index (χ1n) is 5.19. The van der Waals surface area contributed by atoms with Gasteiger partial charge in [0.1, 0.15) is 0 Å². The molecule has 0 spiro atoms. The highest BCUT2D eigenvalue weighted by molar-refractivity contribution is 7.85. The molecule has 0 rings (SSSR count). The summed E-state index contributed by atoms with van der Waals surface area (Å²) in [7, 11) is -4.16. The van der Waals surface area contributed by atoms with Gasteiger partial charge in [-0.15, -0.1) is 0 Å². The van der Waals surface area contributed by atoms with E-state index in [2.05, 4.69) is 5.32 Å². The maximum atomic E-state index is 11.8. The molecule has 0 radical (unpaired) electrons. The van der Waals surface area contributed by atoms with E-state index < -0.39 is 21.9 Å². The monoisotopic (exact) mass is 251 g/mol. The smallest absolute Gasteiger partial charge is 0.266 e. The third-order valence-corrected chi connectivity index (χ3v) is 2.65. The lowest BCUT2D eigenvalue weighted by atomic mass is 9.99. The largest absolute Gasteiger partial charge is 0.302 e. The average molecular weight is 251 g/mol. The van der Waals surface area contributed by atoms with Gasteiger partial charge in [-0.1, -0.05) is 13.8 Å². The van der Waals surface area contributed by atoms with Gasteiger partial charge in [-0.25, -0.2) is 0 Å². The van der Waals surface area contributed by atoms with E-state index in [9.17, 15) is 13.2 Å². The molecule has 0 saturated carbocycles. The number of carbonyl (C=O) groups excluding carboxylic acids is 1. The average Bonchev–Trinajstić information content (AvgIpc) is 1.95. The standard InChI is InChI=1S/C10H21NO4S/c1-7(2)9(12)8(6-16(13,14)15)11-10(3,4)5/h7-8,11H,6H2,1-5H3,(H,13,14,15). The molecule has 0 aromatic carbocycles. The van der Waals surface area contributed by atoms with Gasteiger partial charge in [0, 0.05) is 11.5 Å². The number of hydrogen-bond donors (Lipinski definition) is 2. The van der Waals surface area contributed by atoms with E-state index in [-0.39, 0.29) is 17.2 Å². The Hall–Kier alpha value is -0.460. The highest BCUT2D eigenvalue weighted by Gasteiger charge is 2.29. The van der Waals surface area contributed by atoms with Crippen LogP contribution >= 0.6 is 0 Å². The van der Waals surface area contributed by atoms with E-state index in [0.717, 1.165) is 0 Å². The Morgan fingerprint density at radius 1 is 1.31 bits per heavy atom. The number of hydrogen-bond acceptors (Lipinski definition) is 4. The predicted molar refractivity (Wildman–Crippen MR) is 62.9 cm³/mol. The first-order chi connectivity index (χ1) is 6.92. The Morgan fingerprint density at radius 2 is 1.75 bits per heavy atom. The molecule has 1 unspecified atom stereocenters. The van der Waals surface area contributed by atoms with Crippen molar-refractivity contribution >= 4 is 15.9 Å². The van der Waals surface area contributed by atoms with Crippen LogP contribution in [0.15, 0.2) is 0 Å². The van der Waals surface area contributed by atoms with Crippen molar-refractivity contribution in [3.05, 3.63) is 0 Å². The molecule has 0 aromatic rings. The van der Waals surface area contributed by atoms with Gasteiger partial charge in [-0.05, 0) is 20.8 Å². The van der Waals surface area contributed by atoms with Gasteiger partial charge in [-0.3, -0.25) is 9.35 Å². The van der Waals surface area contributed by atoms with Crippen molar-refractivity contribution < 1.29 is 17.8 Å². The zero-order valence-corrected chi connectivity index (χ0v) is 11.3. The molecule has 0 aliphatic carbocycles. The molecular weight excluding hydrogens is 230 g/mol. The number of nitrogens with one attached hydrogen (secondary N) is 1. The number of carbonyl (C=O) groups is 1. The molecule has 16 heavy (non-hydrogen) atoms. The SMILES string of the molecule is CC(C)C(=O)C(CS(=O)(=O)O)NC(C)(C)C. The Labute approximate surface area is 97.4 Å². The molecule has 0 saturated heterocycles. The first-order valence-corrected chi connectivity index (χ1v) is 6.80. The van der Waals surface area contributed by atoms with Gasteiger partial charge in [0.25, 0.3) is 10.1 Å². The van der Waals surface area contributed by atoms with Crippen LogP contribution in [0.5, 0.6) is 0 Å². The molecule has 0 bridgehead atoms. The second-order valence-electron chi connectivity index (χ2n) is 5.25. The van der Waals surface area contributed by atoms with E-state index in [4.69, 9.17) is 4.55 Å². The van der Waals surface area contributed by atoms with Crippen LogP contribution in [0.2, 0.25) is 0 Å². The van der Waals surface area contributed by atoms with E-state index in [1.165, 1.54) is 0 Å². The Morgan fingerprint density at radius 3 is 2.00 bits per heavy atom. The van der Waals surface area contributed by atoms with Crippen LogP contribution in [0, 0.1) is 5.92 Å². The summed E-state index contributed by atoms with van der Waals surface area (Å²) in [6, 6.07) is -0.866. The van der Waals surface area contributed by atoms with Gasteiger partial charge < -0.3 is 5.32 Å². The molecule has 0 aliphatic rings. The topological polar surface area (TPSA) is 83.5 Å². The quantitative estimate of drug-likeness (QED) is 0.708. The minimum atomic E-state index is -4.16. The molecule has 2 N–H and O–H groups in total. The van der Waals surface area contributed by atoms with E-state index in [1.807, 2.05) is 20.8 Å². The normalized spacial score (nSPS) is 15.2. The summed E-state index contributed by atoms with van der Waals surface area (Å²) in [4.78, 5) is 11.8. The molecule has 6 heteroatoms. The van der Waals surface area contributed by atoms with E-state index in [0.29, 0.717) is 0 Å². The Balaban J connectivity index is 4.85. The number of rotatable bonds is 5. The maximum Gasteiger partial charge on any atom is 0.266 e. The fourth-order valence-electron chi connectivity index (χ4n) is 1.33. The van der Waals surface area contributed by atoms with Crippen LogP contribution in [0.3, 0.4) is 0 Å². The predicted octanol–water partition coefficient (Wildman–Crippen LogP) is 0.856. The summed E-state index contributed by atoms with van der Waals surface area (Å²) in [6.45, 7) is 8.89. The van der Waals surface area contributed by atoms with Crippen molar-refractivity contribution in [3.8, 4) is 0 Å². The van der Waals surface area contributed by atoms with Crippen LogP contribution in [-0.4, -0.2) is 36.1 Å².